The molecule has 17 heavy (non-hydrogen) atoms. The number of thiophene rings is 1. The van der Waals surface area contributed by atoms with E-state index in [4.69, 9.17) is 27.9 Å². The molecule has 0 atom stereocenters. The Morgan fingerprint density at radius 3 is 2.88 bits per heavy atom. The fourth-order valence-electron chi connectivity index (χ4n) is 1.37. The molecule has 3 nitrogen and oxygen atoms in total. The molecule has 0 fully saturated rings. The van der Waals surface area contributed by atoms with Gasteiger partial charge in [0.05, 0.1) is 15.1 Å². The number of phenols is 1. The van der Waals surface area contributed by atoms with Crippen LogP contribution in [0.2, 0.25) is 10.0 Å². The number of hydrogen-bond acceptors (Lipinski definition) is 4. The van der Waals surface area contributed by atoms with Gasteiger partial charge in [-0.1, -0.05) is 30.1 Å². The fourth-order valence-corrected chi connectivity index (χ4v) is 2.93. The molecule has 0 amide bonds. The lowest BCUT2D eigenvalue weighted by Crippen LogP contribution is -2.04. The lowest BCUT2D eigenvalue weighted by Gasteiger charge is -2.04. The highest BCUT2D eigenvalue weighted by atomic mass is 35.5. The van der Waals surface area contributed by atoms with Crippen LogP contribution in [-0.2, 0) is 4.79 Å². The Labute approximate surface area is 112 Å². The van der Waals surface area contributed by atoms with E-state index in [-0.39, 0.29) is 23.2 Å². The second kappa shape index (κ2) is 4.72. The Balaban J connectivity index is 2.60. The minimum atomic E-state index is -0.343. The first kappa shape index (κ1) is 12.5. The van der Waals surface area contributed by atoms with Crippen LogP contribution in [0.3, 0.4) is 0 Å². The van der Waals surface area contributed by atoms with Crippen LogP contribution in [0.4, 0.5) is 0 Å². The first-order valence-electron chi connectivity index (χ1n) is 4.83. The molecular formula is C11H8Cl2O3S. The topological polar surface area (TPSA) is 46.5 Å². The number of rotatable bonds is 2. The Morgan fingerprint density at radius 2 is 2.24 bits per heavy atom. The summed E-state index contributed by atoms with van der Waals surface area (Å²) >= 11 is 13.2. The fraction of sp³-hybridized carbons (Fsp3) is 0.182. The standard InChI is InChI=1S/C11H8Cl2O3S/c1-2-8(15)16-7-4-17-11-9(7)5(12)3-6(14)10(11)13/h3-4,14H,2H2,1H3. The van der Waals surface area contributed by atoms with Crippen LogP contribution in [0.1, 0.15) is 13.3 Å². The minimum Gasteiger partial charge on any atom is -0.506 e. The molecule has 0 aliphatic heterocycles. The van der Waals surface area contributed by atoms with Crippen molar-refractivity contribution < 1.29 is 14.6 Å². The van der Waals surface area contributed by atoms with Crippen molar-refractivity contribution in [1.82, 2.24) is 0 Å². The largest absolute Gasteiger partial charge is 0.506 e. The predicted molar refractivity (Wildman–Crippen MR) is 69.4 cm³/mol. The zero-order valence-electron chi connectivity index (χ0n) is 8.79. The third-order valence-electron chi connectivity index (χ3n) is 2.20. The van der Waals surface area contributed by atoms with E-state index in [0.717, 1.165) is 0 Å². The van der Waals surface area contributed by atoms with Gasteiger partial charge in [-0.25, -0.2) is 0 Å². The molecule has 0 aliphatic rings. The van der Waals surface area contributed by atoms with Gasteiger partial charge >= 0.3 is 5.97 Å². The predicted octanol–water partition coefficient (Wildman–Crippen LogP) is 4.23. The average Bonchev–Trinajstić information content (AvgIpc) is 2.70. The molecule has 0 spiro atoms. The summed E-state index contributed by atoms with van der Waals surface area (Å²) < 4.78 is 5.75. The summed E-state index contributed by atoms with van der Waals surface area (Å²) in [6.45, 7) is 1.71. The molecule has 0 aliphatic carbocycles. The van der Waals surface area contributed by atoms with Crippen LogP contribution < -0.4 is 4.74 Å². The van der Waals surface area contributed by atoms with E-state index in [1.165, 1.54) is 17.4 Å². The van der Waals surface area contributed by atoms with E-state index in [9.17, 15) is 9.90 Å². The summed E-state index contributed by atoms with van der Waals surface area (Å²) in [5, 5.41) is 12.2. The van der Waals surface area contributed by atoms with Gasteiger partial charge in [0, 0.05) is 17.9 Å². The third kappa shape index (κ3) is 2.20. The zero-order valence-corrected chi connectivity index (χ0v) is 11.1. The van der Waals surface area contributed by atoms with E-state index >= 15 is 0 Å². The molecule has 90 valence electrons. The minimum absolute atomic E-state index is 0.0839. The highest BCUT2D eigenvalue weighted by molar-refractivity contribution is 7.18. The number of carbonyl (C=O) groups is 1. The summed E-state index contributed by atoms with van der Waals surface area (Å²) in [4.78, 5) is 11.2. The number of esters is 1. The van der Waals surface area contributed by atoms with Gasteiger partial charge in [-0.05, 0) is 0 Å². The van der Waals surface area contributed by atoms with E-state index < -0.39 is 0 Å². The summed E-state index contributed by atoms with van der Waals surface area (Å²) in [6, 6.07) is 1.34. The van der Waals surface area contributed by atoms with Crippen molar-refractivity contribution in [2.75, 3.05) is 0 Å². The van der Waals surface area contributed by atoms with Crippen molar-refractivity contribution in [2.24, 2.45) is 0 Å². The molecule has 2 rings (SSSR count). The van der Waals surface area contributed by atoms with Gasteiger partial charge in [-0.2, -0.15) is 0 Å². The maximum absolute atomic E-state index is 11.2. The number of aromatic hydroxyl groups is 1. The van der Waals surface area contributed by atoms with E-state index in [0.29, 0.717) is 20.9 Å². The van der Waals surface area contributed by atoms with Crippen molar-refractivity contribution >= 4 is 50.6 Å². The molecule has 0 unspecified atom stereocenters. The van der Waals surface area contributed by atoms with Gasteiger partial charge in [0.15, 0.2) is 5.75 Å². The average molecular weight is 291 g/mol. The molecule has 1 heterocycles. The summed E-state index contributed by atoms with van der Waals surface area (Å²) in [5.41, 5.74) is 0. The lowest BCUT2D eigenvalue weighted by atomic mass is 10.2. The van der Waals surface area contributed by atoms with Crippen molar-refractivity contribution in [3.05, 3.63) is 21.5 Å². The smallest absolute Gasteiger partial charge is 0.310 e. The lowest BCUT2D eigenvalue weighted by molar-refractivity contribution is -0.133. The maximum atomic E-state index is 11.2. The highest BCUT2D eigenvalue weighted by Gasteiger charge is 2.17. The summed E-state index contributed by atoms with van der Waals surface area (Å²) in [6.07, 6.45) is 0.279. The van der Waals surface area contributed by atoms with E-state index in [1.54, 1.807) is 12.3 Å². The number of benzene rings is 1. The number of ether oxygens (including phenoxy) is 1. The number of hydrogen-bond donors (Lipinski definition) is 1. The van der Waals surface area contributed by atoms with Crippen molar-refractivity contribution in [3.63, 3.8) is 0 Å². The van der Waals surface area contributed by atoms with E-state index in [1.807, 2.05) is 0 Å². The maximum Gasteiger partial charge on any atom is 0.310 e. The van der Waals surface area contributed by atoms with Crippen molar-refractivity contribution in [3.8, 4) is 11.5 Å². The number of phenolic OH excluding ortho intramolecular Hbond substituents is 1. The molecule has 6 heteroatoms. The van der Waals surface area contributed by atoms with Crippen LogP contribution in [0.25, 0.3) is 10.1 Å². The van der Waals surface area contributed by atoms with Crippen molar-refractivity contribution in [1.29, 1.82) is 0 Å². The van der Waals surface area contributed by atoms with Crippen LogP contribution >= 0.6 is 34.5 Å². The Morgan fingerprint density at radius 1 is 1.53 bits per heavy atom. The van der Waals surface area contributed by atoms with Gasteiger partial charge < -0.3 is 9.84 Å². The normalized spacial score (nSPS) is 10.8. The Bertz CT molecular complexity index is 592. The molecular weight excluding hydrogens is 283 g/mol. The molecule has 1 N–H and O–H groups in total. The van der Waals surface area contributed by atoms with Crippen molar-refractivity contribution in [2.45, 2.75) is 13.3 Å². The SMILES string of the molecule is CCC(=O)Oc1csc2c(Cl)c(O)cc(Cl)c12. The second-order valence-corrected chi connectivity index (χ2v) is 4.99. The molecule has 0 radical (unpaired) electrons. The van der Waals surface area contributed by atoms with Gasteiger partial charge in [0.2, 0.25) is 0 Å². The Kier molecular flexibility index (Phi) is 3.47. The van der Waals surface area contributed by atoms with Crippen LogP contribution in [0.5, 0.6) is 11.5 Å². The van der Waals surface area contributed by atoms with Crippen LogP contribution in [0.15, 0.2) is 11.4 Å². The third-order valence-corrected chi connectivity index (χ3v) is 3.96. The van der Waals surface area contributed by atoms with Gasteiger partial charge in [-0.15, -0.1) is 11.3 Å². The molecule has 1 aromatic carbocycles. The van der Waals surface area contributed by atoms with Gasteiger partial charge in [-0.3, -0.25) is 4.79 Å². The van der Waals surface area contributed by atoms with Gasteiger partial charge in [0.25, 0.3) is 0 Å². The second-order valence-electron chi connectivity index (χ2n) is 3.32. The first-order chi connectivity index (χ1) is 8.04. The number of halogens is 2. The number of fused-ring (bicyclic) bond motifs is 1. The molecule has 2 aromatic rings. The van der Waals surface area contributed by atoms with E-state index in [2.05, 4.69) is 0 Å². The zero-order chi connectivity index (χ0) is 12.6. The Hall–Kier alpha value is -0.970. The van der Waals surface area contributed by atoms with Crippen LogP contribution in [0, 0.1) is 0 Å². The molecule has 0 saturated heterocycles. The van der Waals surface area contributed by atoms with Gasteiger partial charge in [0.1, 0.15) is 10.8 Å². The highest BCUT2D eigenvalue weighted by Crippen LogP contribution is 2.45. The number of carbonyl (C=O) groups excluding carboxylic acids is 1. The monoisotopic (exact) mass is 290 g/mol. The summed E-state index contributed by atoms with van der Waals surface area (Å²) in [7, 11) is 0. The first-order valence-corrected chi connectivity index (χ1v) is 6.47. The van der Waals surface area contributed by atoms with Crippen LogP contribution in [-0.4, -0.2) is 11.1 Å². The quantitative estimate of drug-likeness (QED) is 0.842. The molecule has 0 bridgehead atoms. The summed E-state index contributed by atoms with van der Waals surface area (Å²) in [5.74, 6) is -0.0481. The molecule has 0 saturated carbocycles. The molecule has 1 aromatic heterocycles.